The van der Waals surface area contributed by atoms with E-state index in [9.17, 15) is 0 Å². The maximum absolute atomic E-state index is 5.17. The lowest BCUT2D eigenvalue weighted by Gasteiger charge is -2.17. The third kappa shape index (κ3) is 4.63. The highest BCUT2D eigenvalue weighted by Gasteiger charge is 2.26. The molecule has 4 aromatic heterocycles. The van der Waals surface area contributed by atoms with Crippen LogP contribution in [0, 0.1) is 0 Å². The minimum absolute atomic E-state index is 0.535. The van der Waals surface area contributed by atoms with Crippen molar-refractivity contribution < 1.29 is 4.74 Å². The van der Waals surface area contributed by atoms with Crippen molar-refractivity contribution >= 4 is 11.8 Å². The zero-order chi connectivity index (χ0) is 25.4. The second kappa shape index (κ2) is 9.62. The Bertz CT molecular complexity index is 1560. The predicted octanol–water partition coefficient (Wildman–Crippen LogP) is 3.55. The highest BCUT2D eigenvalue weighted by atomic mass is 16.5. The fourth-order valence-electron chi connectivity index (χ4n) is 4.86. The Hall–Kier alpha value is -4.31. The molecule has 0 radical (unpaired) electrons. The summed E-state index contributed by atoms with van der Waals surface area (Å²) in [7, 11) is 5.61. The van der Waals surface area contributed by atoms with Crippen LogP contribution >= 0.6 is 0 Å². The van der Waals surface area contributed by atoms with Gasteiger partial charge in [0.2, 0.25) is 5.95 Å². The Balaban J connectivity index is 1.31. The van der Waals surface area contributed by atoms with Gasteiger partial charge in [0.1, 0.15) is 0 Å². The molecule has 0 fully saturated rings. The summed E-state index contributed by atoms with van der Waals surface area (Å²) in [5.74, 6) is 1.25. The highest BCUT2D eigenvalue weighted by Crippen LogP contribution is 2.36. The topological polar surface area (TPSA) is 100 Å². The van der Waals surface area contributed by atoms with E-state index in [-0.39, 0.29) is 0 Å². The van der Waals surface area contributed by atoms with Crippen molar-refractivity contribution in [1.29, 1.82) is 0 Å². The predicted molar refractivity (Wildman–Crippen MR) is 140 cm³/mol. The van der Waals surface area contributed by atoms with E-state index in [1.807, 2.05) is 48.1 Å². The van der Waals surface area contributed by atoms with Crippen LogP contribution in [0.5, 0.6) is 0 Å². The number of aryl methyl sites for hydroxylation is 4. The van der Waals surface area contributed by atoms with E-state index >= 15 is 0 Å². The van der Waals surface area contributed by atoms with Gasteiger partial charge >= 0.3 is 0 Å². The van der Waals surface area contributed by atoms with E-state index in [1.165, 1.54) is 5.56 Å². The summed E-state index contributed by atoms with van der Waals surface area (Å²) in [6, 6.07) is 10.5. The zero-order valence-corrected chi connectivity index (χ0v) is 21.2. The van der Waals surface area contributed by atoms with Gasteiger partial charge in [-0.05, 0) is 29.5 Å². The lowest BCUT2D eigenvalue weighted by Crippen LogP contribution is -2.09. The third-order valence-corrected chi connectivity index (χ3v) is 6.71. The molecule has 6 rings (SSSR count). The van der Waals surface area contributed by atoms with Gasteiger partial charge in [0, 0.05) is 63.4 Å². The van der Waals surface area contributed by atoms with Gasteiger partial charge in [0.05, 0.1) is 36.4 Å². The summed E-state index contributed by atoms with van der Waals surface area (Å²) in [6.45, 7) is 1.37. The molecule has 0 atom stereocenters. The van der Waals surface area contributed by atoms with Crippen molar-refractivity contribution in [3.63, 3.8) is 0 Å². The van der Waals surface area contributed by atoms with Crippen molar-refractivity contribution in [3.8, 4) is 22.4 Å². The number of rotatable bonds is 8. The summed E-state index contributed by atoms with van der Waals surface area (Å²) >= 11 is 0. The van der Waals surface area contributed by atoms with Gasteiger partial charge < -0.3 is 10.1 Å². The van der Waals surface area contributed by atoms with Crippen LogP contribution in [0.4, 0.5) is 11.8 Å². The molecule has 1 aromatic carbocycles. The first-order valence-corrected chi connectivity index (χ1v) is 12.4. The third-order valence-electron chi connectivity index (χ3n) is 6.71. The number of fused-ring (bicyclic) bond motifs is 3. The van der Waals surface area contributed by atoms with E-state index in [0.29, 0.717) is 18.4 Å². The number of nitrogens with one attached hydrogen (secondary N) is 1. The fraction of sp³-hybridized carbons (Fsp3) is 0.296. The molecule has 188 valence electrons. The number of benzene rings is 1. The van der Waals surface area contributed by atoms with Gasteiger partial charge in [-0.15, -0.1) is 0 Å². The Kier molecular flexibility index (Phi) is 6.01. The molecule has 10 heteroatoms. The first-order chi connectivity index (χ1) is 18.1. The molecule has 37 heavy (non-hydrogen) atoms. The second-order valence-electron chi connectivity index (χ2n) is 9.32. The molecule has 1 aliphatic rings. The number of hydrogen-bond acceptors (Lipinski definition) is 7. The summed E-state index contributed by atoms with van der Waals surface area (Å²) in [6.07, 6.45) is 10.3. The Morgan fingerprint density at radius 2 is 1.97 bits per heavy atom. The van der Waals surface area contributed by atoms with Crippen LogP contribution in [0.3, 0.4) is 0 Å². The van der Waals surface area contributed by atoms with Crippen molar-refractivity contribution in [2.75, 3.05) is 19.0 Å². The monoisotopic (exact) mass is 495 g/mol. The summed E-state index contributed by atoms with van der Waals surface area (Å²) in [5.41, 5.74) is 8.89. The number of aromatic nitrogens is 8. The van der Waals surface area contributed by atoms with Gasteiger partial charge in [0.15, 0.2) is 5.82 Å². The van der Waals surface area contributed by atoms with Crippen LogP contribution in [0.1, 0.15) is 22.5 Å². The van der Waals surface area contributed by atoms with Gasteiger partial charge in [-0.25, -0.2) is 9.97 Å². The standard InChI is InChI=1S/C27H29N9O/c1-34-10-9-24(33-34)30-27-28-15-20-7-8-22-25(26(20)31-27)23(35(2)32-22)14-18-5-4-6-19(13-18)21-16-29-36(17-21)11-12-37-3/h4-6,9-10,13,15-17H,7-8,11-12,14H2,1-3H3,(H,28,30,31,33). The van der Waals surface area contributed by atoms with Gasteiger partial charge in [0.25, 0.3) is 0 Å². The van der Waals surface area contributed by atoms with Crippen molar-refractivity contribution in [3.05, 3.63) is 77.6 Å². The molecule has 0 saturated heterocycles. The van der Waals surface area contributed by atoms with Crippen LogP contribution in [-0.4, -0.2) is 53.0 Å². The van der Waals surface area contributed by atoms with Gasteiger partial charge in [-0.3, -0.25) is 14.0 Å². The number of hydrogen-bond donors (Lipinski definition) is 1. The number of nitrogens with zero attached hydrogens (tertiary/aromatic N) is 8. The summed E-state index contributed by atoms with van der Waals surface area (Å²) < 4.78 is 10.8. The van der Waals surface area contributed by atoms with Crippen molar-refractivity contribution in [2.45, 2.75) is 25.8 Å². The maximum atomic E-state index is 5.17. The zero-order valence-electron chi connectivity index (χ0n) is 21.2. The quantitative estimate of drug-likeness (QED) is 0.351. The molecular formula is C27H29N9O. The molecule has 0 bridgehead atoms. The summed E-state index contributed by atoms with van der Waals surface area (Å²) in [5, 5.41) is 16.9. The van der Waals surface area contributed by atoms with Crippen LogP contribution in [0.25, 0.3) is 22.4 Å². The average Bonchev–Trinajstić information content (AvgIpc) is 3.62. The Morgan fingerprint density at radius 1 is 1.05 bits per heavy atom. The lowest BCUT2D eigenvalue weighted by molar-refractivity contribution is 0.183. The normalized spacial score (nSPS) is 12.4. The van der Waals surface area contributed by atoms with E-state index < -0.39 is 0 Å². The number of anilines is 2. The smallest absolute Gasteiger partial charge is 0.228 e. The lowest BCUT2D eigenvalue weighted by atomic mass is 9.91. The first-order valence-electron chi connectivity index (χ1n) is 12.4. The molecule has 0 amide bonds. The van der Waals surface area contributed by atoms with Gasteiger partial charge in [-0.1, -0.05) is 24.3 Å². The molecule has 0 unspecified atom stereocenters. The largest absolute Gasteiger partial charge is 0.383 e. The molecule has 1 aliphatic carbocycles. The number of methoxy groups -OCH3 is 1. The molecule has 0 saturated carbocycles. The van der Waals surface area contributed by atoms with E-state index in [0.717, 1.165) is 65.1 Å². The minimum atomic E-state index is 0.535. The van der Waals surface area contributed by atoms with E-state index in [1.54, 1.807) is 11.8 Å². The van der Waals surface area contributed by atoms with Crippen LogP contribution in [-0.2, 0) is 44.6 Å². The van der Waals surface area contributed by atoms with E-state index in [2.05, 4.69) is 51.0 Å². The highest BCUT2D eigenvalue weighted by molar-refractivity contribution is 5.72. The number of ether oxygens (including phenoxy) is 1. The Labute approximate surface area is 214 Å². The maximum Gasteiger partial charge on any atom is 0.228 e. The average molecular weight is 496 g/mol. The molecule has 0 spiro atoms. The second-order valence-corrected chi connectivity index (χ2v) is 9.32. The molecule has 4 heterocycles. The van der Waals surface area contributed by atoms with Crippen molar-refractivity contribution in [1.82, 2.24) is 39.3 Å². The molecule has 1 N–H and O–H groups in total. The van der Waals surface area contributed by atoms with Crippen LogP contribution < -0.4 is 5.32 Å². The SMILES string of the molecule is COCCn1cc(-c2cccc(Cc3c4c(nn3C)CCc3cnc(Nc5ccn(C)n5)nc3-4)c2)cn1. The molecular weight excluding hydrogens is 466 g/mol. The first kappa shape index (κ1) is 23.1. The van der Waals surface area contributed by atoms with Gasteiger partial charge in [-0.2, -0.15) is 15.3 Å². The van der Waals surface area contributed by atoms with Crippen LogP contribution in [0.15, 0.2) is 55.1 Å². The van der Waals surface area contributed by atoms with E-state index in [4.69, 9.17) is 14.8 Å². The minimum Gasteiger partial charge on any atom is -0.383 e. The molecule has 0 aliphatic heterocycles. The van der Waals surface area contributed by atoms with Crippen LogP contribution in [0.2, 0.25) is 0 Å². The summed E-state index contributed by atoms with van der Waals surface area (Å²) in [4.78, 5) is 9.46. The molecule has 10 nitrogen and oxygen atoms in total. The van der Waals surface area contributed by atoms with Crippen molar-refractivity contribution in [2.24, 2.45) is 14.1 Å². The Morgan fingerprint density at radius 3 is 2.81 bits per heavy atom. The fourth-order valence-corrected chi connectivity index (χ4v) is 4.86. The molecule has 5 aromatic rings.